The minimum absolute atomic E-state index is 0. The average molecular weight is 324 g/mol. The Bertz CT molecular complexity index is 502. The van der Waals surface area contributed by atoms with Crippen molar-refractivity contribution in [2.75, 3.05) is 29.9 Å². The van der Waals surface area contributed by atoms with Crippen LogP contribution in [-0.4, -0.2) is 31.6 Å². The van der Waals surface area contributed by atoms with E-state index in [2.05, 4.69) is 34.6 Å². The fraction of sp³-hybridized carbons (Fsp3) is 0.588. The van der Waals surface area contributed by atoms with Crippen LogP contribution in [0.5, 0.6) is 0 Å². The van der Waals surface area contributed by atoms with Crippen LogP contribution in [0.25, 0.3) is 0 Å². The topological polar surface area (TPSA) is 44.4 Å². The van der Waals surface area contributed by atoms with E-state index in [-0.39, 0.29) is 24.4 Å². The lowest BCUT2D eigenvalue weighted by Crippen LogP contribution is -2.45. The van der Waals surface area contributed by atoms with Gasteiger partial charge in [0.15, 0.2) is 0 Å². The number of amides is 1. The maximum Gasteiger partial charge on any atom is 0.241 e. The molecule has 2 saturated heterocycles. The molecular formula is C17H26ClN3O. The third-order valence-electron chi connectivity index (χ3n) is 4.57. The highest BCUT2D eigenvalue weighted by Crippen LogP contribution is 2.24. The van der Waals surface area contributed by atoms with E-state index in [0.717, 1.165) is 38.2 Å². The van der Waals surface area contributed by atoms with Crippen molar-refractivity contribution in [3.8, 4) is 0 Å². The van der Waals surface area contributed by atoms with Crippen LogP contribution in [0, 0.1) is 5.92 Å². The van der Waals surface area contributed by atoms with Crippen LogP contribution >= 0.6 is 12.4 Å². The molecule has 0 bridgehead atoms. The number of halogens is 1. The number of rotatable bonds is 3. The number of hydrogen-bond acceptors (Lipinski definition) is 3. The first-order chi connectivity index (χ1) is 10.2. The second-order valence-electron chi connectivity index (χ2n) is 6.37. The Hall–Kier alpha value is -1.26. The lowest BCUT2D eigenvalue weighted by molar-refractivity contribution is -0.119. The second kappa shape index (κ2) is 7.84. The quantitative estimate of drug-likeness (QED) is 0.898. The van der Waals surface area contributed by atoms with Gasteiger partial charge in [-0.15, -0.1) is 12.4 Å². The van der Waals surface area contributed by atoms with Crippen LogP contribution in [-0.2, 0) is 4.79 Å². The molecule has 2 unspecified atom stereocenters. The highest BCUT2D eigenvalue weighted by Gasteiger charge is 2.24. The maximum absolute atomic E-state index is 12.4. The van der Waals surface area contributed by atoms with Crippen molar-refractivity contribution in [1.82, 2.24) is 5.32 Å². The minimum atomic E-state index is -0.0517. The van der Waals surface area contributed by atoms with Gasteiger partial charge in [-0.05, 0) is 56.3 Å². The van der Waals surface area contributed by atoms with Gasteiger partial charge in [-0.1, -0.05) is 13.0 Å². The van der Waals surface area contributed by atoms with E-state index in [4.69, 9.17) is 0 Å². The smallest absolute Gasteiger partial charge is 0.241 e. The predicted octanol–water partition coefficient (Wildman–Crippen LogP) is 3.04. The Morgan fingerprint density at radius 1 is 1.32 bits per heavy atom. The van der Waals surface area contributed by atoms with Gasteiger partial charge in [-0.3, -0.25) is 4.79 Å². The van der Waals surface area contributed by atoms with E-state index in [1.165, 1.54) is 18.5 Å². The molecule has 2 N–H and O–H groups in total. The fourth-order valence-corrected chi connectivity index (χ4v) is 3.29. The summed E-state index contributed by atoms with van der Waals surface area (Å²) in [5.41, 5.74) is 2.12. The molecule has 2 heterocycles. The summed E-state index contributed by atoms with van der Waals surface area (Å²) in [4.78, 5) is 14.7. The number of carbonyl (C=O) groups is 1. The van der Waals surface area contributed by atoms with Crippen molar-refractivity contribution in [2.24, 2.45) is 5.92 Å². The molecule has 5 heteroatoms. The average Bonchev–Trinajstić information content (AvgIpc) is 3.02. The number of benzene rings is 1. The van der Waals surface area contributed by atoms with Crippen molar-refractivity contribution in [3.05, 3.63) is 24.3 Å². The summed E-state index contributed by atoms with van der Waals surface area (Å²) in [5.74, 6) is 0.720. The molecule has 2 atom stereocenters. The van der Waals surface area contributed by atoms with Gasteiger partial charge in [-0.2, -0.15) is 0 Å². The second-order valence-corrected chi connectivity index (χ2v) is 6.37. The Balaban J connectivity index is 0.00000176. The molecule has 3 rings (SSSR count). The predicted molar refractivity (Wildman–Crippen MR) is 94.0 cm³/mol. The molecular weight excluding hydrogens is 298 g/mol. The molecule has 0 aliphatic carbocycles. The van der Waals surface area contributed by atoms with Crippen molar-refractivity contribution >= 4 is 29.7 Å². The van der Waals surface area contributed by atoms with Crippen LogP contribution in [0.3, 0.4) is 0 Å². The molecule has 1 aromatic rings. The van der Waals surface area contributed by atoms with E-state index >= 15 is 0 Å². The van der Waals surface area contributed by atoms with Crippen LogP contribution in [0.15, 0.2) is 24.3 Å². The third-order valence-corrected chi connectivity index (χ3v) is 4.57. The molecule has 1 amide bonds. The first-order valence-electron chi connectivity index (χ1n) is 8.11. The molecule has 122 valence electrons. The van der Waals surface area contributed by atoms with Gasteiger partial charge in [0.05, 0.1) is 6.04 Å². The van der Waals surface area contributed by atoms with Crippen LogP contribution < -0.4 is 15.5 Å². The summed E-state index contributed by atoms with van der Waals surface area (Å²) in [7, 11) is 0. The molecule has 4 nitrogen and oxygen atoms in total. The molecule has 0 saturated carbocycles. The van der Waals surface area contributed by atoms with Crippen LogP contribution in [0.2, 0.25) is 0 Å². The van der Waals surface area contributed by atoms with E-state index in [0.29, 0.717) is 5.92 Å². The zero-order valence-corrected chi connectivity index (χ0v) is 14.0. The van der Waals surface area contributed by atoms with E-state index in [9.17, 15) is 4.79 Å². The summed E-state index contributed by atoms with van der Waals surface area (Å²) in [6.07, 6.45) is 4.62. The summed E-state index contributed by atoms with van der Waals surface area (Å²) >= 11 is 0. The van der Waals surface area contributed by atoms with E-state index < -0.39 is 0 Å². The number of nitrogens with one attached hydrogen (secondary N) is 2. The number of piperidine rings is 1. The molecule has 1 aromatic carbocycles. The van der Waals surface area contributed by atoms with Gasteiger partial charge in [0, 0.05) is 24.5 Å². The molecule has 2 aliphatic rings. The normalized spacial score (nSPS) is 24.7. The van der Waals surface area contributed by atoms with Gasteiger partial charge in [0.2, 0.25) is 5.91 Å². The summed E-state index contributed by atoms with van der Waals surface area (Å²) < 4.78 is 0. The van der Waals surface area contributed by atoms with Gasteiger partial charge >= 0.3 is 0 Å². The minimum Gasteiger partial charge on any atom is -0.371 e. The molecule has 0 spiro atoms. The van der Waals surface area contributed by atoms with Gasteiger partial charge in [0.25, 0.3) is 0 Å². The van der Waals surface area contributed by atoms with Gasteiger partial charge in [-0.25, -0.2) is 0 Å². The van der Waals surface area contributed by atoms with Crippen molar-refractivity contribution in [2.45, 2.75) is 38.6 Å². The number of nitrogens with zero attached hydrogens (tertiary/aromatic N) is 1. The highest BCUT2D eigenvalue weighted by atomic mass is 35.5. The lowest BCUT2D eigenvalue weighted by atomic mass is 9.94. The molecule has 2 aliphatic heterocycles. The zero-order chi connectivity index (χ0) is 14.7. The van der Waals surface area contributed by atoms with Crippen LogP contribution in [0.4, 0.5) is 11.4 Å². The number of anilines is 2. The molecule has 0 radical (unpaired) electrons. The Morgan fingerprint density at radius 2 is 2.09 bits per heavy atom. The van der Waals surface area contributed by atoms with Crippen molar-refractivity contribution in [3.63, 3.8) is 0 Å². The standard InChI is InChI=1S/C17H25N3O.ClH/c1-13-7-8-18-16(11-13)17(21)19-14-5-4-6-15(12-14)20-9-2-3-10-20;/h4-6,12-13,16,18H,2-3,7-11H2,1H3,(H,19,21);1H. The number of carbonyl (C=O) groups excluding carboxylic acids is 1. The molecule has 2 fully saturated rings. The SMILES string of the molecule is CC1CCNC(C(=O)Nc2cccc(N3CCCC3)c2)C1.Cl. The Morgan fingerprint density at radius 3 is 2.82 bits per heavy atom. The molecule has 22 heavy (non-hydrogen) atoms. The first-order valence-corrected chi connectivity index (χ1v) is 8.11. The lowest BCUT2D eigenvalue weighted by Gasteiger charge is -2.27. The summed E-state index contributed by atoms with van der Waals surface area (Å²) in [6, 6.07) is 8.17. The van der Waals surface area contributed by atoms with Gasteiger partial charge in [0.1, 0.15) is 0 Å². The van der Waals surface area contributed by atoms with Crippen LogP contribution in [0.1, 0.15) is 32.6 Å². The maximum atomic E-state index is 12.4. The monoisotopic (exact) mass is 323 g/mol. The highest BCUT2D eigenvalue weighted by molar-refractivity contribution is 5.95. The van der Waals surface area contributed by atoms with Gasteiger partial charge < -0.3 is 15.5 Å². The fourth-order valence-electron chi connectivity index (χ4n) is 3.29. The third kappa shape index (κ3) is 4.14. The largest absolute Gasteiger partial charge is 0.371 e. The van der Waals surface area contributed by atoms with Crippen molar-refractivity contribution in [1.29, 1.82) is 0 Å². The Kier molecular flexibility index (Phi) is 6.09. The van der Waals surface area contributed by atoms with E-state index in [1.807, 2.05) is 12.1 Å². The van der Waals surface area contributed by atoms with E-state index in [1.54, 1.807) is 0 Å². The Labute approximate surface area is 139 Å². The first kappa shape index (κ1) is 17.1. The summed E-state index contributed by atoms with van der Waals surface area (Å²) in [6.45, 7) is 5.40. The summed E-state index contributed by atoms with van der Waals surface area (Å²) in [5, 5.41) is 6.38. The number of hydrogen-bond donors (Lipinski definition) is 2. The zero-order valence-electron chi connectivity index (χ0n) is 13.2. The van der Waals surface area contributed by atoms with Crippen molar-refractivity contribution < 1.29 is 4.79 Å². The molecule has 0 aromatic heterocycles.